The van der Waals surface area contributed by atoms with Crippen molar-refractivity contribution in [3.63, 3.8) is 0 Å². The lowest BCUT2D eigenvalue weighted by molar-refractivity contribution is 1.39. The van der Waals surface area contributed by atoms with Crippen LogP contribution in [-0.2, 0) is 0 Å². The van der Waals surface area contributed by atoms with E-state index in [0.717, 1.165) is 11.3 Å². The molecule has 0 saturated carbocycles. The number of hydrogen-bond donors (Lipinski definition) is 0. The van der Waals surface area contributed by atoms with Gasteiger partial charge in [0.1, 0.15) is 0 Å². The standard InChI is InChI=1S/C14H19N/c1-5-9-11-14(8-4)15-12-13(7-3)10-6-2/h5-12H,1H2,2-4H3/b10-6-,11-9-,13-7+,14-8+,15-12+. The third kappa shape index (κ3) is 6.44. The molecule has 0 rings (SSSR count). The van der Waals surface area contributed by atoms with Crippen molar-refractivity contribution in [1.82, 2.24) is 0 Å². The molecule has 0 N–H and O–H groups in total. The molecule has 0 unspecified atom stereocenters. The topological polar surface area (TPSA) is 12.4 Å². The molecule has 0 aliphatic carbocycles. The minimum absolute atomic E-state index is 0.929. The van der Waals surface area contributed by atoms with Crippen LogP contribution in [0.5, 0.6) is 0 Å². The summed E-state index contributed by atoms with van der Waals surface area (Å²) in [5, 5.41) is 0. The zero-order chi connectivity index (χ0) is 11.5. The van der Waals surface area contributed by atoms with Gasteiger partial charge in [0.25, 0.3) is 0 Å². The Balaban J connectivity index is 4.61. The molecule has 0 saturated heterocycles. The van der Waals surface area contributed by atoms with Gasteiger partial charge in [-0.05, 0) is 32.4 Å². The van der Waals surface area contributed by atoms with E-state index in [1.54, 1.807) is 6.08 Å². The van der Waals surface area contributed by atoms with E-state index in [1.165, 1.54) is 0 Å². The first-order chi connectivity index (χ1) is 7.28. The van der Waals surface area contributed by atoms with Gasteiger partial charge >= 0.3 is 0 Å². The number of nitrogens with zero attached hydrogens (tertiary/aromatic N) is 1. The van der Waals surface area contributed by atoms with E-state index < -0.39 is 0 Å². The SMILES string of the molecule is C=C\C=C/C(=C\C)/N=C/C(/C=C\C)=C/C. The summed E-state index contributed by atoms with van der Waals surface area (Å²) < 4.78 is 0. The third-order valence-corrected chi connectivity index (χ3v) is 1.75. The Bertz CT molecular complexity index is 325. The van der Waals surface area contributed by atoms with Crippen LogP contribution >= 0.6 is 0 Å². The average Bonchev–Trinajstić information content (AvgIpc) is 2.27. The van der Waals surface area contributed by atoms with E-state index in [2.05, 4.69) is 11.6 Å². The quantitative estimate of drug-likeness (QED) is 0.466. The Morgan fingerprint density at radius 3 is 2.27 bits per heavy atom. The van der Waals surface area contributed by atoms with Crippen LogP contribution in [0.3, 0.4) is 0 Å². The number of hydrogen-bond acceptors (Lipinski definition) is 1. The highest BCUT2D eigenvalue weighted by Crippen LogP contribution is 2.01. The van der Waals surface area contributed by atoms with Crippen LogP contribution < -0.4 is 0 Å². The van der Waals surface area contributed by atoms with Crippen LogP contribution in [0.4, 0.5) is 0 Å². The van der Waals surface area contributed by atoms with Gasteiger partial charge in [-0.15, -0.1) is 0 Å². The minimum Gasteiger partial charge on any atom is -0.257 e. The minimum atomic E-state index is 0.929. The van der Waals surface area contributed by atoms with Crippen molar-refractivity contribution >= 4 is 6.21 Å². The second-order valence-electron chi connectivity index (χ2n) is 2.86. The molecule has 1 heteroatoms. The van der Waals surface area contributed by atoms with Crippen molar-refractivity contribution in [3.05, 3.63) is 60.4 Å². The predicted molar refractivity (Wildman–Crippen MR) is 70.2 cm³/mol. The van der Waals surface area contributed by atoms with Gasteiger partial charge in [0, 0.05) is 6.21 Å². The summed E-state index contributed by atoms with van der Waals surface area (Å²) in [5.41, 5.74) is 2.03. The number of aliphatic imine (C=N–C) groups is 1. The monoisotopic (exact) mass is 201 g/mol. The molecule has 15 heavy (non-hydrogen) atoms. The summed E-state index contributed by atoms with van der Waals surface area (Å²) >= 11 is 0. The summed E-state index contributed by atoms with van der Waals surface area (Å²) in [4.78, 5) is 4.35. The molecule has 0 aromatic heterocycles. The number of rotatable bonds is 5. The van der Waals surface area contributed by atoms with Crippen molar-refractivity contribution in [1.29, 1.82) is 0 Å². The molecule has 0 aromatic rings. The van der Waals surface area contributed by atoms with Gasteiger partial charge in [-0.25, -0.2) is 0 Å². The van der Waals surface area contributed by atoms with Crippen molar-refractivity contribution in [2.45, 2.75) is 20.8 Å². The smallest absolute Gasteiger partial charge is 0.0587 e. The van der Waals surface area contributed by atoms with Gasteiger partial charge in [-0.3, -0.25) is 4.99 Å². The Hall–Kier alpha value is -1.63. The molecule has 0 radical (unpaired) electrons. The maximum atomic E-state index is 4.35. The molecule has 0 aliphatic rings. The second kappa shape index (κ2) is 8.95. The first kappa shape index (κ1) is 13.4. The van der Waals surface area contributed by atoms with Gasteiger partial charge in [0.2, 0.25) is 0 Å². The van der Waals surface area contributed by atoms with E-state index in [0.29, 0.717) is 0 Å². The number of allylic oxidation sites excluding steroid dienone is 8. The molecule has 0 amide bonds. The fourth-order valence-corrected chi connectivity index (χ4v) is 0.936. The van der Waals surface area contributed by atoms with Crippen LogP contribution in [0.1, 0.15) is 20.8 Å². The molecule has 1 nitrogen and oxygen atoms in total. The molecular weight excluding hydrogens is 182 g/mol. The fraction of sp³-hybridized carbons (Fsp3) is 0.214. The Kier molecular flexibility index (Phi) is 7.97. The van der Waals surface area contributed by atoms with E-state index in [1.807, 2.05) is 63.4 Å². The zero-order valence-corrected chi connectivity index (χ0v) is 9.77. The molecule has 80 valence electrons. The van der Waals surface area contributed by atoms with Gasteiger partial charge in [-0.1, -0.05) is 43.0 Å². The Morgan fingerprint density at radius 1 is 1.07 bits per heavy atom. The molecule has 0 aliphatic heterocycles. The Labute approximate surface area is 92.9 Å². The van der Waals surface area contributed by atoms with Crippen LogP contribution in [0.25, 0.3) is 0 Å². The molecule has 0 aromatic carbocycles. The normalized spacial score (nSPS) is 14.6. The molecule has 0 heterocycles. The van der Waals surface area contributed by atoms with Crippen LogP contribution in [0.15, 0.2) is 65.4 Å². The molecule has 0 bridgehead atoms. The maximum absolute atomic E-state index is 4.35. The summed E-state index contributed by atoms with van der Waals surface area (Å²) in [6.07, 6.45) is 15.4. The summed E-state index contributed by atoms with van der Waals surface area (Å²) in [5.74, 6) is 0. The summed E-state index contributed by atoms with van der Waals surface area (Å²) in [6, 6.07) is 0. The molecule has 0 atom stereocenters. The lowest BCUT2D eigenvalue weighted by atomic mass is 10.2. The zero-order valence-electron chi connectivity index (χ0n) is 9.77. The van der Waals surface area contributed by atoms with Gasteiger partial charge in [0.15, 0.2) is 0 Å². The van der Waals surface area contributed by atoms with Crippen molar-refractivity contribution < 1.29 is 0 Å². The highest BCUT2D eigenvalue weighted by molar-refractivity contribution is 5.83. The lowest BCUT2D eigenvalue weighted by Gasteiger charge is -1.93. The van der Waals surface area contributed by atoms with E-state index in [-0.39, 0.29) is 0 Å². The van der Waals surface area contributed by atoms with E-state index in [9.17, 15) is 0 Å². The average molecular weight is 201 g/mol. The third-order valence-electron chi connectivity index (χ3n) is 1.75. The van der Waals surface area contributed by atoms with Gasteiger partial charge < -0.3 is 0 Å². The maximum Gasteiger partial charge on any atom is 0.0587 e. The highest BCUT2D eigenvalue weighted by atomic mass is 14.7. The Morgan fingerprint density at radius 2 is 1.80 bits per heavy atom. The molecular formula is C14H19N. The molecule has 0 fully saturated rings. The van der Waals surface area contributed by atoms with Crippen molar-refractivity contribution in [3.8, 4) is 0 Å². The van der Waals surface area contributed by atoms with Gasteiger partial charge in [0.05, 0.1) is 5.70 Å². The van der Waals surface area contributed by atoms with Crippen molar-refractivity contribution in [2.75, 3.05) is 0 Å². The first-order valence-corrected chi connectivity index (χ1v) is 5.07. The predicted octanol–water partition coefficient (Wildman–Crippen LogP) is 4.23. The van der Waals surface area contributed by atoms with Crippen molar-refractivity contribution in [2.24, 2.45) is 4.99 Å². The summed E-state index contributed by atoms with van der Waals surface area (Å²) in [7, 11) is 0. The largest absolute Gasteiger partial charge is 0.257 e. The van der Waals surface area contributed by atoms with Crippen LogP contribution in [0, 0.1) is 0 Å². The van der Waals surface area contributed by atoms with Crippen LogP contribution in [0.2, 0.25) is 0 Å². The molecule has 0 spiro atoms. The second-order valence-corrected chi connectivity index (χ2v) is 2.86. The lowest BCUT2D eigenvalue weighted by Crippen LogP contribution is -1.80. The van der Waals surface area contributed by atoms with Gasteiger partial charge in [-0.2, -0.15) is 0 Å². The fourth-order valence-electron chi connectivity index (χ4n) is 0.936. The van der Waals surface area contributed by atoms with E-state index >= 15 is 0 Å². The highest BCUT2D eigenvalue weighted by Gasteiger charge is 1.85. The first-order valence-electron chi connectivity index (χ1n) is 5.07. The van der Waals surface area contributed by atoms with Crippen LogP contribution in [-0.4, -0.2) is 6.21 Å². The summed E-state index contributed by atoms with van der Waals surface area (Å²) in [6.45, 7) is 9.57. The van der Waals surface area contributed by atoms with E-state index in [4.69, 9.17) is 0 Å².